The molecule has 5 aliphatic rings. The lowest BCUT2D eigenvalue weighted by molar-refractivity contribution is -0.0390. The molecule has 6 aromatic heterocycles. The lowest BCUT2D eigenvalue weighted by Gasteiger charge is -2.32. The fourth-order valence-electron chi connectivity index (χ4n) is 10.7. The first kappa shape index (κ1) is 54.4. The van der Waals surface area contributed by atoms with Gasteiger partial charge in [-0.1, -0.05) is 24.3 Å². The van der Waals surface area contributed by atoms with Crippen LogP contribution in [0.5, 0.6) is 0 Å². The van der Waals surface area contributed by atoms with Gasteiger partial charge in [0.2, 0.25) is 20.0 Å². The second kappa shape index (κ2) is 23.2. The number of aromatic nitrogens is 8. The highest BCUT2D eigenvalue weighted by Crippen LogP contribution is 2.39. The molecule has 5 fully saturated rings. The Bertz CT molecular complexity index is 3600. The number of piperazine rings is 2. The Hall–Kier alpha value is -4.59. The molecule has 0 spiro atoms. The number of sulfonamides is 2. The third-order valence-electron chi connectivity index (χ3n) is 14.8. The molecule has 2 aromatic carbocycles. The summed E-state index contributed by atoms with van der Waals surface area (Å²) >= 11 is 3.46. The molecule has 5 aliphatic heterocycles. The molecule has 5 saturated heterocycles. The van der Waals surface area contributed by atoms with Crippen LogP contribution in [0.15, 0.2) is 60.9 Å². The lowest BCUT2D eigenvalue weighted by Crippen LogP contribution is -2.47. The minimum absolute atomic E-state index is 0. The number of halogens is 1. The van der Waals surface area contributed by atoms with Crippen LogP contribution < -0.4 is 9.80 Å². The minimum atomic E-state index is -3.15. The van der Waals surface area contributed by atoms with Crippen molar-refractivity contribution < 1.29 is 31.0 Å². The molecule has 1 atom stereocenters. The maximum Gasteiger partial charge on any atom is 0.211 e. The van der Waals surface area contributed by atoms with Crippen LogP contribution in [0.25, 0.3) is 65.0 Å². The van der Waals surface area contributed by atoms with Crippen LogP contribution in [0.4, 0.5) is 11.6 Å². The second-order valence-electron chi connectivity index (χ2n) is 20.0. The van der Waals surface area contributed by atoms with Crippen LogP contribution in [0.3, 0.4) is 0 Å². The van der Waals surface area contributed by atoms with Crippen LogP contribution >= 0.6 is 46.7 Å². The Morgan fingerprint density at radius 1 is 0.610 bits per heavy atom. The third-order valence-corrected chi connectivity index (χ3v) is 19.6. The van der Waals surface area contributed by atoms with Gasteiger partial charge in [0, 0.05) is 136 Å². The van der Waals surface area contributed by atoms with E-state index in [0.29, 0.717) is 77.3 Å². The number of H-pyrrole nitrogens is 1. The smallest absolute Gasteiger partial charge is 0.211 e. The number of morpholine rings is 2. The fourth-order valence-corrected chi connectivity index (χ4v) is 14.6. The molecule has 0 bridgehead atoms. The highest BCUT2D eigenvalue weighted by molar-refractivity contribution is 14.0. The number of rotatable bonds is 11. The van der Waals surface area contributed by atoms with Crippen LogP contribution in [0, 0.1) is 0 Å². The zero-order chi connectivity index (χ0) is 52.0. The van der Waals surface area contributed by atoms with Crippen molar-refractivity contribution in [2.24, 2.45) is 0 Å². The van der Waals surface area contributed by atoms with Crippen molar-refractivity contribution in [3.63, 3.8) is 0 Å². The van der Waals surface area contributed by atoms with E-state index in [1.807, 2.05) is 41.2 Å². The maximum atomic E-state index is 11.9. The topological polar surface area (TPSA) is 213 Å². The van der Waals surface area contributed by atoms with Crippen molar-refractivity contribution in [2.45, 2.75) is 38.6 Å². The monoisotopic (exact) mass is 1240 g/mol. The second-order valence-corrected chi connectivity index (χ2v) is 26.2. The molecule has 26 heteroatoms. The Labute approximate surface area is 472 Å². The molecule has 1 unspecified atom stereocenters. The largest absolute Gasteiger partial charge is 0.378 e. The molecule has 410 valence electrons. The van der Waals surface area contributed by atoms with Crippen molar-refractivity contribution in [2.75, 3.05) is 134 Å². The zero-order valence-electron chi connectivity index (χ0n) is 43.1. The van der Waals surface area contributed by atoms with E-state index in [-0.39, 0.29) is 30.2 Å². The SMILES string of the molecule is CS(=O)(=O)N1CCN(Cc2cc3nc(-c4cccc5[nH]ncc45)nc(N4CCOCC4)c3s2)CC1.CS(=O)(=O)N1CCN(Cc2cc3nc(-c4cccc5nn(C6CCCCO6)cc45)nc(N4CCOCC4)c3s2)CC1.I. The van der Waals surface area contributed by atoms with Gasteiger partial charge in [-0.15, -0.1) is 46.7 Å². The first-order valence-electron chi connectivity index (χ1n) is 26.0. The molecule has 0 amide bonds. The normalized spacial score (nSPS) is 20.0. The summed E-state index contributed by atoms with van der Waals surface area (Å²) in [5, 5.41) is 14.1. The van der Waals surface area contributed by atoms with E-state index in [2.05, 4.69) is 54.2 Å². The Morgan fingerprint density at radius 2 is 1.13 bits per heavy atom. The first-order valence-corrected chi connectivity index (χ1v) is 31.3. The summed E-state index contributed by atoms with van der Waals surface area (Å²) in [6.07, 6.45) is 9.64. The van der Waals surface area contributed by atoms with Crippen molar-refractivity contribution in [3.8, 4) is 22.8 Å². The molecule has 0 saturated carbocycles. The highest BCUT2D eigenvalue weighted by Gasteiger charge is 2.28. The number of hydrogen-bond acceptors (Lipinski definition) is 19. The number of nitrogens with one attached hydrogen (secondary N) is 1. The molecular formula is C51H63IN14O7S4. The van der Waals surface area contributed by atoms with Crippen LogP contribution in [-0.2, 0) is 47.3 Å². The molecule has 13 rings (SSSR count). The van der Waals surface area contributed by atoms with E-state index in [1.54, 1.807) is 31.3 Å². The summed E-state index contributed by atoms with van der Waals surface area (Å²) in [7, 11) is -6.29. The predicted molar refractivity (Wildman–Crippen MR) is 312 cm³/mol. The maximum absolute atomic E-state index is 11.9. The average Bonchev–Trinajstić information content (AvgIpc) is 4.32. The summed E-state index contributed by atoms with van der Waals surface area (Å²) in [5.74, 6) is 3.29. The van der Waals surface area contributed by atoms with E-state index in [4.69, 9.17) is 39.2 Å². The molecule has 0 radical (unpaired) electrons. The number of nitrogens with zero attached hydrogens (tertiary/aromatic N) is 13. The van der Waals surface area contributed by atoms with Crippen molar-refractivity contribution >= 4 is 121 Å². The number of ether oxygens (including phenoxy) is 3. The van der Waals surface area contributed by atoms with Gasteiger partial charge in [-0.2, -0.15) is 18.8 Å². The Morgan fingerprint density at radius 3 is 1.64 bits per heavy atom. The highest BCUT2D eigenvalue weighted by atomic mass is 127. The number of benzene rings is 2. The summed E-state index contributed by atoms with van der Waals surface area (Å²) < 4.78 is 72.0. The fraction of sp³-hybridized carbons (Fsp3) is 0.490. The number of thiophene rings is 2. The number of hydrogen-bond donors (Lipinski definition) is 1. The Balaban J connectivity index is 0.000000164. The summed E-state index contributed by atoms with van der Waals surface area (Å²) in [6, 6.07) is 16.5. The number of anilines is 2. The van der Waals surface area contributed by atoms with Gasteiger partial charge in [-0.05, 0) is 43.5 Å². The quantitative estimate of drug-likeness (QED) is 0.145. The third kappa shape index (κ3) is 12.0. The number of aromatic amines is 1. The molecular weight excluding hydrogens is 1180 g/mol. The van der Waals surface area contributed by atoms with E-state index in [1.165, 1.54) is 22.3 Å². The molecule has 0 aliphatic carbocycles. The molecule has 21 nitrogen and oxygen atoms in total. The Kier molecular flexibility index (Phi) is 16.4. The summed E-state index contributed by atoms with van der Waals surface area (Å²) in [6.45, 7) is 13.1. The van der Waals surface area contributed by atoms with Crippen molar-refractivity contribution in [3.05, 3.63) is 70.7 Å². The zero-order valence-corrected chi connectivity index (χ0v) is 48.7. The van der Waals surface area contributed by atoms with Gasteiger partial charge in [-0.3, -0.25) is 14.9 Å². The predicted octanol–water partition coefficient (Wildman–Crippen LogP) is 6.09. The van der Waals surface area contributed by atoms with Gasteiger partial charge in [0.1, 0.15) is 6.23 Å². The van der Waals surface area contributed by atoms with Crippen LogP contribution in [-0.4, -0.2) is 199 Å². The lowest BCUT2D eigenvalue weighted by atomic mass is 10.1. The van der Waals surface area contributed by atoms with Gasteiger partial charge in [0.25, 0.3) is 0 Å². The van der Waals surface area contributed by atoms with E-state index in [0.717, 1.165) is 143 Å². The molecule has 8 aromatic rings. The van der Waals surface area contributed by atoms with Gasteiger partial charge in [0.05, 0.1) is 76.6 Å². The number of fused-ring (bicyclic) bond motifs is 4. The van der Waals surface area contributed by atoms with Crippen molar-refractivity contribution in [1.82, 2.24) is 58.3 Å². The molecule has 77 heavy (non-hydrogen) atoms. The summed E-state index contributed by atoms with van der Waals surface area (Å²) in [4.78, 5) is 31.9. The van der Waals surface area contributed by atoms with Crippen molar-refractivity contribution in [1.29, 1.82) is 0 Å². The van der Waals surface area contributed by atoms with E-state index >= 15 is 0 Å². The van der Waals surface area contributed by atoms with Gasteiger partial charge in [-0.25, -0.2) is 41.5 Å². The van der Waals surface area contributed by atoms with E-state index < -0.39 is 20.0 Å². The van der Waals surface area contributed by atoms with E-state index in [9.17, 15) is 16.8 Å². The molecule has 11 heterocycles. The van der Waals surface area contributed by atoms with Gasteiger partial charge in [0.15, 0.2) is 23.3 Å². The summed E-state index contributed by atoms with van der Waals surface area (Å²) in [5.41, 5.74) is 5.66. The van der Waals surface area contributed by atoms with Gasteiger partial charge >= 0.3 is 0 Å². The first-order chi connectivity index (χ1) is 36.9. The average molecular weight is 1240 g/mol. The standard InChI is InChI=1S/C28H35N7O4S2.C23H27N7O3S2.HI/c1-41(36,37)34-10-8-32(9-11-34)18-20-17-24-26(40-20)28(33-12-15-38-16-13-33)30-27(29-24)21-5-4-6-23-22(21)19-35(31-23)25-7-2-3-14-39-25;1-35(31,32)30-7-5-28(6-8-30)15-16-13-20-21(34-16)23(29-9-11-33-12-10-29)26-22(25-20)17-3-2-4-19-18(17)14-24-27-19;/h4-6,17,19,25H,2-3,7-16,18H2,1H3;2-4,13-14H,5-12,15H2,1H3,(H,24,27);1H. The van der Waals surface area contributed by atoms with Crippen LogP contribution in [0.2, 0.25) is 0 Å². The minimum Gasteiger partial charge on any atom is -0.378 e. The van der Waals surface area contributed by atoms with Gasteiger partial charge < -0.3 is 24.0 Å². The van der Waals surface area contributed by atoms with Crippen LogP contribution in [0.1, 0.15) is 35.2 Å². The molecule has 1 N–H and O–H groups in total.